The van der Waals surface area contributed by atoms with Crippen molar-refractivity contribution in [2.45, 2.75) is 353 Å². The lowest BCUT2D eigenvalue weighted by molar-refractivity contribution is -0.164. The highest BCUT2D eigenvalue weighted by Crippen LogP contribution is 2.48. The first-order valence-electron chi connectivity index (χ1n) is 54.8. The molecule has 10 aromatic carbocycles. The predicted molar refractivity (Wildman–Crippen MR) is 607 cm³/mol. The van der Waals surface area contributed by atoms with Gasteiger partial charge in [-0.15, -0.1) is 0 Å². The maximum absolute atomic E-state index is 13.7. The van der Waals surface area contributed by atoms with E-state index in [1.165, 1.54) is 38.9 Å². The van der Waals surface area contributed by atoms with E-state index >= 15 is 0 Å². The van der Waals surface area contributed by atoms with E-state index in [-0.39, 0.29) is 83.3 Å². The van der Waals surface area contributed by atoms with Gasteiger partial charge in [0.25, 0.3) is 0 Å². The molecule has 0 aromatic heterocycles. The Morgan fingerprint density at radius 1 is 0.387 bits per heavy atom. The van der Waals surface area contributed by atoms with Gasteiger partial charge in [0.15, 0.2) is 6.29 Å². The normalized spacial score (nSPS) is 18.1. The number of methoxy groups -OCH3 is 2. The number of rotatable bonds is 51. The summed E-state index contributed by atoms with van der Waals surface area (Å²) < 4.78 is 55.1. The number of ketones is 2. The predicted octanol–water partition coefficient (Wildman–Crippen LogP) is 29.4. The van der Waals surface area contributed by atoms with E-state index in [1.807, 2.05) is 187 Å². The molecule has 0 bridgehead atoms. The first-order chi connectivity index (χ1) is 71.9. The average Bonchev–Trinajstić information content (AvgIpc) is 0.775. The van der Waals surface area contributed by atoms with Crippen LogP contribution in [0.25, 0.3) is 0 Å². The molecule has 0 amide bonds. The number of esters is 3. The Bertz CT molecular complexity index is 5940. The van der Waals surface area contributed by atoms with Gasteiger partial charge in [0.05, 0.1) is 40.1 Å². The zero-order valence-electron chi connectivity index (χ0n) is 92.1. The summed E-state index contributed by atoms with van der Waals surface area (Å²) in [5, 5.41) is 55.7. The molecule has 0 spiro atoms. The highest BCUT2D eigenvalue weighted by molar-refractivity contribution is 7.92. The minimum atomic E-state index is -3.43. The van der Waals surface area contributed by atoms with Crippen molar-refractivity contribution in [1.29, 1.82) is 0 Å². The number of benzene rings is 10. The molecular formula is C130H170N2O17S. The van der Waals surface area contributed by atoms with Gasteiger partial charge in [-0.3, -0.25) is 14.3 Å². The standard InChI is InChI=1S/C28H40O4.C26H33NO5S.C26H32O3.C25H31NO3.C25H34O2/c1-6-17-28(30,18-16-22-13-9-8-10-14-22)20-25(29)26(27(31-4)32-5)24(7-2)23-15-11-12-21(3)19-23;1-4-15-26(16-14-19-10-7-6-8-11-19)18-23(28)24(25(29)32-26)22(5-2)20-12-9-13-21(17-20)27-33(3,30)31;1-4-15-26(16-14-20-11-7-6-8-12-20)18-23(27)24(25(28)29-26)22(5-2)21-13-9-10-19(3)17-21;1-3-14-25(15-13-18-9-6-5-7-10-18)17-22(27)23(24(28)29-25)21(4-2)19-11-8-12-20(26)16-19;1-4-15-25(27,16-14-21-11-7-6-8-12-21)19-24(26)18-22(5-2)23-13-9-10-20(3)17-23/h8-15,19,24,26-27,30H,6-7,16-18,20H2,1-5H3;6-13,17,22,27-28H,4-5,14-16,18H2,1-3H3;6-13,17,22,27H,4-5,14-16,18H2,1-3H3;5-12,16,21,27H,3-4,13-15,17,26H2,1-2H3;6-13,17,22,27H,4-5,14-16,18-19H2,1-3H3/t24?,26?,28-;2*22?,26-;21?,25-;22?,25-/m11111/s1. The topological polar surface area (TPSA) is 305 Å². The number of aliphatic hydroxyl groups is 5. The van der Waals surface area contributed by atoms with Crippen molar-refractivity contribution in [2.24, 2.45) is 5.92 Å². The molecule has 3 aliphatic heterocycles. The Hall–Kier alpha value is -12.0. The molecule has 150 heavy (non-hydrogen) atoms. The van der Waals surface area contributed by atoms with Crippen molar-refractivity contribution >= 4 is 50.9 Å². The van der Waals surface area contributed by atoms with Gasteiger partial charge in [-0.25, -0.2) is 22.8 Å². The van der Waals surface area contributed by atoms with Gasteiger partial charge < -0.3 is 55.0 Å². The smallest absolute Gasteiger partial charge is 0.338 e. The lowest BCUT2D eigenvalue weighted by Crippen LogP contribution is -2.41. The largest absolute Gasteiger partial charge is 0.512 e. The van der Waals surface area contributed by atoms with Gasteiger partial charge in [-0.2, -0.15) is 0 Å². The fourth-order valence-electron chi connectivity index (χ4n) is 22.3. The molecule has 19 nitrogen and oxygen atoms in total. The SMILES string of the molecule is CCC[C@@](O)(CCc1ccccc1)CC(=O)C(C(OC)OC)C(CC)c1cccc(C)c1.CCC[C@@](O)(CCc1ccccc1)CC(=O)CC(CC)c1cccc(C)c1.CCC[C@@]1(CCc2ccccc2)CC(O)=C(C(CC)c2cccc(C)c2)C(=O)O1.CCC[C@@]1(CCc2ccccc2)CC(O)=C(C(CC)c2cccc(N)c2)C(=O)O1.CCC[C@@]1(CCc2ccccc2)CC(O)=C(C(CC)c2cccc(NS(C)(=O)=O)c2)C(=O)O1. The number of Topliss-reactive ketones (excluding diaryl/α,β-unsaturated/α-hetero) is 2. The average molecular weight is 2060 g/mol. The molecule has 6 unspecified atom stereocenters. The number of nitrogen functional groups attached to an aromatic ring is 1. The van der Waals surface area contributed by atoms with E-state index in [1.54, 1.807) is 32.4 Å². The summed E-state index contributed by atoms with van der Waals surface area (Å²) in [4.78, 5) is 66.0. The van der Waals surface area contributed by atoms with Crippen LogP contribution in [0.5, 0.6) is 0 Å². The number of hydrogen-bond acceptors (Lipinski definition) is 18. The molecule has 11 atom stereocenters. The molecule has 20 heteroatoms. The fraction of sp³-hybridized carbons (Fsp3) is 0.454. The number of carbonyl (C=O) groups excluding carboxylic acids is 5. The van der Waals surface area contributed by atoms with Crippen molar-refractivity contribution in [3.8, 4) is 0 Å². The Kier molecular flexibility index (Phi) is 48.8. The van der Waals surface area contributed by atoms with Crippen LogP contribution in [0.2, 0.25) is 0 Å². The number of anilines is 2. The van der Waals surface area contributed by atoms with Crippen molar-refractivity contribution < 1.29 is 81.6 Å². The van der Waals surface area contributed by atoms with Crippen LogP contribution in [-0.4, -0.2) is 118 Å². The van der Waals surface area contributed by atoms with Crippen LogP contribution in [0, 0.1) is 26.7 Å². The molecule has 0 saturated carbocycles. The molecular weight excluding hydrogens is 1890 g/mol. The molecule has 808 valence electrons. The lowest BCUT2D eigenvalue weighted by Gasteiger charge is -2.38. The van der Waals surface area contributed by atoms with Crippen molar-refractivity contribution in [3.05, 3.63) is 379 Å². The first kappa shape index (κ1) is 121. The molecule has 3 aliphatic rings. The molecule has 0 fully saturated rings. The Balaban J connectivity index is 0.000000208. The van der Waals surface area contributed by atoms with Crippen LogP contribution in [0.4, 0.5) is 11.4 Å². The van der Waals surface area contributed by atoms with E-state index < -0.39 is 68.1 Å². The minimum Gasteiger partial charge on any atom is -0.512 e. The van der Waals surface area contributed by atoms with Crippen molar-refractivity contribution in [2.75, 3.05) is 30.9 Å². The monoisotopic (exact) mass is 2060 g/mol. The third-order valence-corrected chi connectivity index (χ3v) is 30.3. The molecule has 8 N–H and O–H groups in total. The van der Waals surface area contributed by atoms with E-state index in [4.69, 9.17) is 29.4 Å². The summed E-state index contributed by atoms with van der Waals surface area (Å²) >= 11 is 0. The van der Waals surface area contributed by atoms with Crippen molar-refractivity contribution in [1.82, 2.24) is 0 Å². The zero-order valence-corrected chi connectivity index (χ0v) is 92.9. The first-order valence-corrected chi connectivity index (χ1v) is 56.7. The second kappa shape index (κ2) is 60.3. The summed E-state index contributed by atoms with van der Waals surface area (Å²) in [7, 11) is -0.278. The van der Waals surface area contributed by atoms with Gasteiger partial charge in [0.2, 0.25) is 10.0 Å². The molecule has 0 saturated heterocycles. The number of nitrogens with two attached hydrogens (primary N) is 1. The summed E-state index contributed by atoms with van der Waals surface area (Å²) in [6, 6.07) is 90.1. The number of cyclic esters (lactones) is 3. The van der Waals surface area contributed by atoms with Gasteiger partial charge in [0, 0.05) is 81.9 Å². The minimum absolute atomic E-state index is 0.00364. The molecule has 13 rings (SSSR count). The zero-order chi connectivity index (χ0) is 109. The van der Waals surface area contributed by atoms with Gasteiger partial charge in [-0.05, 0) is 241 Å². The number of sulfonamides is 1. The van der Waals surface area contributed by atoms with E-state index in [9.17, 15) is 57.9 Å². The number of aryl methyl sites for hydroxylation is 8. The van der Waals surface area contributed by atoms with Crippen LogP contribution in [-0.2, 0) is 89.8 Å². The van der Waals surface area contributed by atoms with Gasteiger partial charge in [-0.1, -0.05) is 367 Å². The van der Waals surface area contributed by atoms with E-state index in [2.05, 4.69) is 162 Å². The number of carbonyl (C=O) groups is 5. The summed E-state index contributed by atoms with van der Waals surface area (Å²) in [6.07, 6.45) is 21.0. The summed E-state index contributed by atoms with van der Waals surface area (Å²) in [5.74, 6) is -1.70. The quantitative estimate of drug-likeness (QED) is 0.00806. The maximum atomic E-state index is 13.7. The molecule has 0 radical (unpaired) electrons. The number of ether oxygens (including phenoxy) is 5. The van der Waals surface area contributed by atoms with Crippen LogP contribution in [0.15, 0.2) is 307 Å². The Morgan fingerprint density at radius 2 is 0.713 bits per heavy atom. The molecule has 10 aromatic rings. The number of nitrogens with one attached hydrogen (secondary N) is 1. The third-order valence-electron chi connectivity index (χ3n) is 29.7. The summed E-state index contributed by atoms with van der Waals surface area (Å²) in [6.45, 7) is 26.7. The summed E-state index contributed by atoms with van der Waals surface area (Å²) in [5.41, 5.74) is 18.7. The fourth-order valence-corrected chi connectivity index (χ4v) is 22.9. The Labute approximate surface area is 895 Å². The highest BCUT2D eigenvalue weighted by atomic mass is 32.2. The third kappa shape index (κ3) is 36.9. The lowest BCUT2D eigenvalue weighted by atomic mass is 9.76. The van der Waals surface area contributed by atoms with Gasteiger partial charge in [0.1, 0.15) is 45.6 Å². The van der Waals surface area contributed by atoms with Gasteiger partial charge >= 0.3 is 17.9 Å². The van der Waals surface area contributed by atoms with Crippen molar-refractivity contribution in [3.63, 3.8) is 0 Å². The van der Waals surface area contributed by atoms with Crippen LogP contribution in [0.1, 0.15) is 338 Å². The number of aliphatic hydroxyl groups excluding tert-OH is 3. The van der Waals surface area contributed by atoms with Crippen LogP contribution >= 0.6 is 0 Å². The van der Waals surface area contributed by atoms with E-state index in [0.29, 0.717) is 99.6 Å². The second-order valence-corrected chi connectivity index (χ2v) is 43.5. The number of hydrogen-bond donors (Lipinski definition) is 7. The second-order valence-electron chi connectivity index (χ2n) is 41.8. The maximum Gasteiger partial charge on any atom is 0.338 e. The van der Waals surface area contributed by atoms with Crippen LogP contribution in [0.3, 0.4) is 0 Å². The molecule has 3 heterocycles. The molecule has 0 aliphatic carbocycles. The van der Waals surface area contributed by atoms with E-state index in [0.717, 1.165) is 142 Å². The van der Waals surface area contributed by atoms with Crippen LogP contribution < -0.4 is 10.5 Å². The highest BCUT2D eigenvalue weighted by Gasteiger charge is 2.48. The Morgan fingerprint density at radius 3 is 1.04 bits per heavy atom.